The van der Waals surface area contributed by atoms with Gasteiger partial charge in [0.1, 0.15) is 6.54 Å². The van der Waals surface area contributed by atoms with Crippen LogP contribution in [0.15, 0.2) is 24.5 Å². The summed E-state index contributed by atoms with van der Waals surface area (Å²) in [7, 11) is 0. The normalized spacial score (nSPS) is 10.8. The lowest BCUT2D eigenvalue weighted by molar-refractivity contribution is -0.697. The average molecular weight is 248 g/mol. The summed E-state index contributed by atoms with van der Waals surface area (Å²) in [5.41, 5.74) is 1.50. The third-order valence-corrected chi connectivity index (χ3v) is 3.51. The van der Waals surface area contributed by atoms with E-state index in [0.29, 0.717) is 0 Å². The lowest BCUT2D eigenvalue weighted by atomic mass is 10.1. The van der Waals surface area contributed by atoms with E-state index < -0.39 is 0 Å². The number of hydrogen-bond acceptors (Lipinski definition) is 0. The molecule has 1 heterocycles. The lowest BCUT2D eigenvalue weighted by Gasteiger charge is -2.01. The van der Waals surface area contributed by atoms with Crippen LogP contribution in [0.4, 0.5) is 0 Å². The second-order valence-electron chi connectivity index (χ2n) is 5.32. The smallest absolute Gasteiger partial charge is 0.171 e. The summed E-state index contributed by atoms with van der Waals surface area (Å²) < 4.78 is 2.37. The zero-order chi connectivity index (χ0) is 13.1. The molecule has 0 unspecified atom stereocenters. The first-order chi connectivity index (χ1) is 8.86. The van der Waals surface area contributed by atoms with E-state index in [1.807, 2.05) is 0 Å². The zero-order valence-corrected chi connectivity index (χ0v) is 12.3. The average Bonchev–Trinajstić information content (AvgIpc) is 2.40. The fourth-order valence-electron chi connectivity index (χ4n) is 2.34. The van der Waals surface area contributed by atoms with E-state index >= 15 is 0 Å². The van der Waals surface area contributed by atoms with Gasteiger partial charge in [-0.05, 0) is 25.3 Å². The Morgan fingerprint density at radius 1 is 0.889 bits per heavy atom. The third-order valence-electron chi connectivity index (χ3n) is 3.51. The molecular weight excluding hydrogens is 218 g/mol. The molecule has 1 rings (SSSR count). The van der Waals surface area contributed by atoms with Gasteiger partial charge < -0.3 is 0 Å². The number of hydrogen-bond donors (Lipinski definition) is 0. The SMILES string of the molecule is CCCCCCc1ccc[n+](CCCCCC)c1. The van der Waals surface area contributed by atoms with Gasteiger partial charge in [0.15, 0.2) is 12.4 Å². The minimum Gasteiger partial charge on any atom is -0.205 e. The van der Waals surface area contributed by atoms with Gasteiger partial charge in [-0.1, -0.05) is 46.0 Å². The minimum atomic E-state index is 1.18. The van der Waals surface area contributed by atoms with E-state index in [-0.39, 0.29) is 0 Å². The molecule has 0 aliphatic carbocycles. The van der Waals surface area contributed by atoms with Crippen molar-refractivity contribution in [3.63, 3.8) is 0 Å². The van der Waals surface area contributed by atoms with Gasteiger partial charge in [-0.25, -0.2) is 4.57 Å². The molecule has 0 fully saturated rings. The monoisotopic (exact) mass is 248 g/mol. The molecule has 0 aliphatic heterocycles. The first kappa shape index (κ1) is 15.2. The minimum absolute atomic E-state index is 1.18. The summed E-state index contributed by atoms with van der Waals surface area (Å²) in [5, 5.41) is 0. The van der Waals surface area contributed by atoms with Gasteiger partial charge in [-0.2, -0.15) is 0 Å². The van der Waals surface area contributed by atoms with Gasteiger partial charge in [0.25, 0.3) is 0 Å². The van der Waals surface area contributed by atoms with Crippen LogP contribution in [0, 0.1) is 0 Å². The standard InChI is InChI=1S/C17H30N/c1-3-5-7-9-12-17-13-11-15-18(16-17)14-10-8-6-4-2/h11,13,15-16H,3-10,12,14H2,1-2H3/q+1. The molecular formula is C17H30N+. The number of aryl methyl sites for hydroxylation is 2. The Morgan fingerprint density at radius 3 is 2.33 bits per heavy atom. The number of rotatable bonds is 10. The first-order valence-electron chi connectivity index (χ1n) is 7.84. The molecule has 1 aromatic heterocycles. The summed E-state index contributed by atoms with van der Waals surface area (Å²) in [5.74, 6) is 0. The van der Waals surface area contributed by atoms with Gasteiger partial charge in [-0.3, -0.25) is 0 Å². The second kappa shape index (κ2) is 10.1. The van der Waals surface area contributed by atoms with Crippen molar-refractivity contribution in [1.82, 2.24) is 0 Å². The van der Waals surface area contributed by atoms with Gasteiger partial charge in [0.2, 0.25) is 0 Å². The molecule has 1 aromatic rings. The molecule has 0 aromatic carbocycles. The number of pyridine rings is 1. The van der Waals surface area contributed by atoms with Crippen molar-refractivity contribution < 1.29 is 4.57 Å². The summed E-state index contributed by atoms with van der Waals surface area (Å²) >= 11 is 0. The van der Waals surface area contributed by atoms with Crippen LogP contribution < -0.4 is 4.57 Å². The van der Waals surface area contributed by atoms with Gasteiger partial charge in [0, 0.05) is 18.1 Å². The number of nitrogens with zero attached hydrogens (tertiary/aromatic N) is 1. The molecule has 0 aliphatic rings. The topological polar surface area (TPSA) is 3.88 Å². The van der Waals surface area contributed by atoms with Crippen molar-refractivity contribution in [3.05, 3.63) is 30.1 Å². The van der Waals surface area contributed by atoms with Crippen molar-refractivity contribution in [1.29, 1.82) is 0 Å². The van der Waals surface area contributed by atoms with Crippen LogP contribution in [0.1, 0.15) is 70.8 Å². The van der Waals surface area contributed by atoms with Gasteiger partial charge in [0.05, 0.1) is 0 Å². The highest BCUT2D eigenvalue weighted by Crippen LogP contribution is 2.06. The van der Waals surface area contributed by atoms with E-state index in [1.165, 1.54) is 69.9 Å². The number of aromatic nitrogens is 1. The van der Waals surface area contributed by atoms with Crippen LogP contribution in [0.5, 0.6) is 0 Å². The molecule has 0 saturated heterocycles. The van der Waals surface area contributed by atoms with Crippen molar-refractivity contribution in [2.45, 2.75) is 78.2 Å². The van der Waals surface area contributed by atoms with E-state index in [2.05, 4.69) is 42.9 Å². The highest BCUT2D eigenvalue weighted by molar-refractivity contribution is 5.05. The Labute approximate surface area is 113 Å². The predicted octanol–water partition coefficient (Wildman–Crippen LogP) is 4.68. The van der Waals surface area contributed by atoms with E-state index in [4.69, 9.17) is 0 Å². The third kappa shape index (κ3) is 6.78. The van der Waals surface area contributed by atoms with Crippen molar-refractivity contribution >= 4 is 0 Å². The molecule has 0 amide bonds. The lowest BCUT2D eigenvalue weighted by Crippen LogP contribution is -2.33. The van der Waals surface area contributed by atoms with Gasteiger partial charge in [-0.15, -0.1) is 0 Å². The largest absolute Gasteiger partial charge is 0.205 e. The Balaban J connectivity index is 2.27. The maximum atomic E-state index is 2.37. The van der Waals surface area contributed by atoms with Crippen LogP contribution in [-0.2, 0) is 13.0 Å². The number of unbranched alkanes of at least 4 members (excludes halogenated alkanes) is 6. The Hall–Kier alpha value is -0.850. The second-order valence-corrected chi connectivity index (χ2v) is 5.32. The molecule has 0 spiro atoms. The van der Waals surface area contributed by atoms with Crippen molar-refractivity contribution in [2.75, 3.05) is 0 Å². The first-order valence-corrected chi connectivity index (χ1v) is 7.84. The summed E-state index contributed by atoms with van der Waals surface area (Å²) in [6.45, 7) is 5.72. The summed E-state index contributed by atoms with van der Waals surface area (Å²) in [4.78, 5) is 0. The molecule has 0 saturated carbocycles. The molecule has 0 atom stereocenters. The molecule has 1 nitrogen and oxygen atoms in total. The maximum Gasteiger partial charge on any atom is 0.171 e. The van der Waals surface area contributed by atoms with Crippen LogP contribution >= 0.6 is 0 Å². The summed E-state index contributed by atoms with van der Waals surface area (Å²) in [6.07, 6.45) is 16.6. The Kier molecular flexibility index (Phi) is 8.54. The molecule has 0 N–H and O–H groups in total. The fraction of sp³-hybridized carbons (Fsp3) is 0.706. The molecule has 0 bridgehead atoms. The van der Waals surface area contributed by atoms with E-state index in [9.17, 15) is 0 Å². The van der Waals surface area contributed by atoms with Crippen LogP contribution in [0.25, 0.3) is 0 Å². The highest BCUT2D eigenvalue weighted by Gasteiger charge is 2.02. The van der Waals surface area contributed by atoms with Gasteiger partial charge >= 0.3 is 0 Å². The quantitative estimate of drug-likeness (QED) is 0.418. The Bertz CT molecular complexity index is 279. The molecule has 18 heavy (non-hydrogen) atoms. The fourth-order valence-corrected chi connectivity index (χ4v) is 2.34. The highest BCUT2D eigenvalue weighted by atomic mass is 14.9. The van der Waals surface area contributed by atoms with Crippen molar-refractivity contribution in [2.24, 2.45) is 0 Å². The van der Waals surface area contributed by atoms with E-state index in [1.54, 1.807) is 0 Å². The van der Waals surface area contributed by atoms with Crippen molar-refractivity contribution in [3.8, 4) is 0 Å². The molecule has 0 radical (unpaired) electrons. The van der Waals surface area contributed by atoms with Crippen LogP contribution in [0.2, 0.25) is 0 Å². The maximum absolute atomic E-state index is 2.37. The van der Waals surface area contributed by atoms with E-state index in [0.717, 1.165) is 0 Å². The van der Waals surface area contributed by atoms with Crippen LogP contribution in [-0.4, -0.2) is 0 Å². The molecule has 102 valence electrons. The molecule has 1 heteroatoms. The summed E-state index contributed by atoms with van der Waals surface area (Å²) in [6, 6.07) is 4.48. The zero-order valence-electron chi connectivity index (χ0n) is 12.3. The predicted molar refractivity (Wildman–Crippen MR) is 78.6 cm³/mol. The Morgan fingerprint density at radius 2 is 1.61 bits per heavy atom. The van der Waals surface area contributed by atoms with Crippen LogP contribution in [0.3, 0.4) is 0 Å².